The van der Waals surface area contributed by atoms with E-state index in [0.717, 1.165) is 30.4 Å². The molecule has 0 bridgehead atoms. The SMILES string of the molecule is Cc1cc([C@H]2CN(c3cc4c(=O)n(C)c(C(F)(F)F)nc4c(-c4ccc(F)cc4F)n3)C[C@@H](C)O2)ccn1. The molecule has 2 atom stereocenters. The number of aryl methyl sites for hydroxylation is 1. The number of morpholine rings is 1. The highest BCUT2D eigenvalue weighted by molar-refractivity contribution is 5.93. The molecule has 0 aliphatic carbocycles. The van der Waals surface area contributed by atoms with Gasteiger partial charge < -0.3 is 9.64 Å². The molecule has 38 heavy (non-hydrogen) atoms. The van der Waals surface area contributed by atoms with Gasteiger partial charge in [-0.3, -0.25) is 14.3 Å². The van der Waals surface area contributed by atoms with Gasteiger partial charge >= 0.3 is 6.18 Å². The van der Waals surface area contributed by atoms with E-state index >= 15 is 0 Å². The van der Waals surface area contributed by atoms with E-state index in [4.69, 9.17) is 4.74 Å². The van der Waals surface area contributed by atoms with E-state index < -0.39 is 40.8 Å². The van der Waals surface area contributed by atoms with Crippen LogP contribution in [0.1, 0.15) is 30.1 Å². The maximum atomic E-state index is 14.9. The first-order valence-corrected chi connectivity index (χ1v) is 11.7. The van der Waals surface area contributed by atoms with Crippen LogP contribution in [0.25, 0.3) is 22.2 Å². The van der Waals surface area contributed by atoms with Crippen molar-refractivity contribution in [1.29, 1.82) is 0 Å². The van der Waals surface area contributed by atoms with Crippen molar-refractivity contribution in [3.63, 3.8) is 0 Å². The number of anilines is 1. The summed E-state index contributed by atoms with van der Waals surface area (Å²) in [5.41, 5.74) is -0.325. The van der Waals surface area contributed by atoms with Crippen molar-refractivity contribution >= 4 is 16.7 Å². The number of nitrogens with zero attached hydrogens (tertiary/aromatic N) is 5. The van der Waals surface area contributed by atoms with Crippen LogP contribution in [0.4, 0.5) is 27.8 Å². The molecule has 1 saturated heterocycles. The Bertz CT molecular complexity index is 1600. The molecule has 0 spiro atoms. The van der Waals surface area contributed by atoms with Crippen LogP contribution >= 0.6 is 0 Å². The molecule has 0 saturated carbocycles. The largest absolute Gasteiger partial charge is 0.449 e. The van der Waals surface area contributed by atoms with Crippen molar-refractivity contribution in [3.05, 3.63) is 81.7 Å². The Kier molecular flexibility index (Phi) is 6.38. The van der Waals surface area contributed by atoms with Gasteiger partial charge in [0.2, 0.25) is 5.82 Å². The predicted molar refractivity (Wildman–Crippen MR) is 130 cm³/mol. The molecule has 1 aliphatic rings. The fourth-order valence-electron chi connectivity index (χ4n) is 4.63. The first-order valence-electron chi connectivity index (χ1n) is 11.7. The van der Waals surface area contributed by atoms with Gasteiger partial charge in [-0.05, 0) is 49.7 Å². The van der Waals surface area contributed by atoms with Gasteiger partial charge in [0.15, 0.2) is 0 Å². The zero-order chi connectivity index (χ0) is 27.4. The molecule has 0 amide bonds. The Labute approximate surface area is 213 Å². The molecule has 7 nitrogen and oxygen atoms in total. The van der Waals surface area contributed by atoms with Crippen molar-refractivity contribution in [2.45, 2.75) is 32.2 Å². The maximum absolute atomic E-state index is 14.9. The summed E-state index contributed by atoms with van der Waals surface area (Å²) in [6, 6.07) is 7.67. The van der Waals surface area contributed by atoms with Gasteiger partial charge in [0.05, 0.1) is 11.5 Å². The lowest BCUT2D eigenvalue weighted by Crippen LogP contribution is -2.43. The summed E-state index contributed by atoms with van der Waals surface area (Å²) < 4.78 is 76.1. The number of alkyl halides is 3. The van der Waals surface area contributed by atoms with E-state index in [1.165, 1.54) is 6.07 Å². The third-order valence-electron chi connectivity index (χ3n) is 6.37. The molecule has 5 rings (SSSR count). The molecular weight excluding hydrogens is 509 g/mol. The van der Waals surface area contributed by atoms with Crippen LogP contribution in [-0.2, 0) is 18.0 Å². The topological polar surface area (TPSA) is 73.1 Å². The monoisotopic (exact) mass is 531 g/mol. The zero-order valence-corrected chi connectivity index (χ0v) is 20.6. The number of benzene rings is 1. The van der Waals surface area contributed by atoms with Gasteiger partial charge in [-0.1, -0.05) is 0 Å². The van der Waals surface area contributed by atoms with Crippen LogP contribution in [0.3, 0.4) is 0 Å². The highest BCUT2D eigenvalue weighted by atomic mass is 19.4. The molecule has 3 aromatic heterocycles. The summed E-state index contributed by atoms with van der Waals surface area (Å²) in [6.07, 6.45) is -3.96. The lowest BCUT2D eigenvalue weighted by Gasteiger charge is -2.38. The molecule has 12 heteroatoms. The van der Waals surface area contributed by atoms with Gasteiger partial charge in [0.25, 0.3) is 5.56 Å². The zero-order valence-electron chi connectivity index (χ0n) is 20.6. The summed E-state index contributed by atoms with van der Waals surface area (Å²) in [5, 5.41) is -0.181. The van der Waals surface area contributed by atoms with E-state index in [9.17, 15) is 26.7 Å². The van der Waals surface area contributed by atoms with Crippen LogP contribution in [-0.4, -0.2) is 38.7 Å². The second-order valence-electron chi connectivity index (χ2n) is 9.22. The van der Waals surface area contributed by atoms with Crippen LogP contribution in [0, 0.1) is 18.6 Å². The van der Waals surface area contributed by atoms with E-state index in [0.29, 0.717) is 23.7 Å². The minimum absolute atomic E-state index is 0.181. The minimum atomic E-state index is -4.95. The van der Waals surface area contributed by atoms with Crippen molar-refractivity contribution in [3.8, 4) is 11.3 Å². The standard InChI is InChI=1S/C26H22F5N5O2/c1-13-8-15(6-7-32-13)20-12-36(11-14(2)38-20)21-10-18-23(34-25(26(29,30)31)35(3)24(18)37)22(33-21)17-5-4-16(27)9-19(17)28/h4-10,14,20H,11-12H2,1-3H3/t14-,20-/m1/s1. The van der Waals surface area contributed by atoms with Gasteiger partial charge in [-0.25, -0.2) is 18.7 Å². The van der Waals surface area contributed by atoms with Crippen LogP contribution in [0.15, 0.2) is 47.4 Å². The summed E-state index contributed by atoms with van der Waals surface area (Å²) in [6.45, 7) is 4.34. The van der Waals surface area contributed by atoms with Crippen LogP contribution in [0.2, 0.25) is 0 Å². The second-order valence-corrected chi connectivity index (χ2v) is 9.22. The third-order valence-corrected chi connectivity index (χ3v) is 6.37. The number of aromatic nitrogens is 4. The highest BCUT2D eigenvalue weighted by Gasteiger charge is 2.37. The minimum Gasteiger partial charge on any atom is -0.367 e. The molecule has 4 heterocycles. The van der Waals surface area contributed by atoms with Crippen molar-refractivity contribution < 1.29 is 26.7 Å². The van der Waals surface area contributed by atoms with E-state index in [-0.39, 0.29) is 28.6 Å². The lowest BCUT2D eigenvalue weighted by molar-refractivity contribution is -0.147. The lowest BCUT2D eigenvalue weighted by atomic mass is 10.1. The Hall–Kier alpha value is -3.93. The molecular formula is C26H22F5N5O2. The molecule has 4 aromatic rings. The fraction of sp³-hybridized carbons (Fsp3) is 0.308. The van der Waals surface area contributed by atoms with Crippen molar-refractivity contribution in [1.82, 2.24) is 19.5 Å². The summed E-state index contributed by atoms with van der Waals surface area (Å²) in [5.74, 6) is -3.15. The second kappa shape index (κ2) is 9.43. The Morgan fingerprint density at radius 1 is 1.05 bits per heavy atom. The molecule has 1 aromatic carbocycles. The predicted octanol–water partition coefficient (Wildman–Crippen LogP) is 4.96. The molecule has 1 fully saturated rings. The summed E-state index contributed by atoms with van der Waals surface area (Å²) >= 11 is 0. The highest BCUT2D eigenvalue weighted by Crippen LogP contribution is 2.35. The van der Waals surface area contributed by atoms with Crippen LogP contribution < -0.4 is 10.5 Å². The van der Waals surface area contributed by atoms with E-state index in [1.807, 2.05) is 30.9 Å². The maximum Gasteiger partial charge on any atom is 0.449 e. The van der Waals surface area contributed by atoms with Gasteiger partial charge in [0.1, 0.15) is 34.8 Å². The first-order chi connectivity index (χ1) is 17.9. The molecule has 198 valence electrons. The number of pyridine rings is 2. The average Bonchev–Trinajstić information content (AvgIpc) is 2.84. The number of rotatable bonds is 3. The summed E-state index contributed by atoms with van der Waals surface area (Å²) in [7, 11) is 0.967. The van der Waals surface area contributed by atoms with Gasteiger partial charge in [-0.2, -0.15) is 13.2 Å². The fourth-order valence-corrected chi connectivity index (χ4v) is 4.63. The third kappa shape index (κ3) is 4.71. The number of fused-ring (bicyclic) bond motifs is 1. The normalized spacial score (nSPS) is 18.3. The quantitative estimate of drug-likeness (QED) is 0.348. The van der Waals surface area contributed by atoms with Crippen molar-refractivity contribution in [2.24, 2.45) is 7.05 Å². The Morgan fingerprint density at radius 3 is 2.50 bits per heavy atom. The smallest absolute Gasteiger partial charge is 0.367 e. The molecule has 0 N–H and O–H groups in total. The average molecular weight is 531 g/mol. The number of ether oxygens (including phenoxy) is 1. The first kappa shape index (κ1) is 25.7. The van der Waals surface area contributed by atoms with Gasteiger partial charge in [-0.15, -0.1) is 0 Å². The number of halogens is 5. The number of hydrogen-bond donors (Lipinski definition) is 0. The van der Waals surface area contributed by atoms with E-state index in [2.05, 4.69) is 15.0 Å². The Morgan fingerprint density at radius 2 is 1.82 bits per heavy atom. The molecule has 0 radical (unpaired) electrons. The molecule has 1 aliphatic heterocycles. The van der Waals surface area contributed by atoms with Crippen LogP contribution in [0.5, 0.6) is 0 Å². The van der Waals surface area contributed by atoms with Gasteiger partial charge in [0, 0.05) is 43.7 Å². The van der Waals surface area contributed by atoms with E-state index in [1.54, 1.807) is 6.20 Å². The summed E-state index contributed by atoms with van der Waals surface area (Å²) in [4.78, 5) is 27.3. The molecule has 0 unspecified atom stereocenters. The Balaban J connectivity index is 1.72. The number of hydrogen-bond acceptors (Lipinski definition) is 6. The van der Waals surface area contributed by atoms with Crippen molar-refractivity contribution in [2.75, 3.05) is 18.0 Å².